The van der Waals surface area contributed by atoms with Crippen LogP contribution in [0.15, 0.2) is 12.1 Å². The van der Waals surface area contributed by atoms with Gasteiger partial charge in [-0.1, -0.05) is 18.5 Å². The summed E-state index contributed by atoms with van der Waals surface area (Å²) in [5.41, 5.74) is 0.924. The molecule has 0 amide bonds. The zero-order valence-electron chi connectivity index (χ0n) is 10.3. The van der Waals surface area contributed by atoms with Crippen LogP contribution in [0.3, 0.4) is 0 Å². The van der Waals surface area contributed by atoms with Gasteiger partial charge in [0.05, 0.1) is 10.7 Å². The van der Waals surface area contributed by atoms with Crippen LogP contribution in [0.5, 0.6) is 0 Å². The zero-order chi connectivity index (χ0) is 12.0. The third kappa shape index (κ3) is 3.65. The third-order valence-electron chi connectivity index (χ3n) is 2.49. The summed E-state index contributed by atoms with van der Waals surface area (Å²) in [4.78, 5) is 6.64. The molecule has 1 rings (SSSR count). The van der Waals surface area contributed by atoms with E-state index in [4.69, 9.17) is 11.6 Å². The first-order valence-corrected chi connectivity index (χ1v) is 6.14. The molecule has 0 aliphatic rings. The van der Waals surface area contributed by atoms with Crippen molar-refractivity contribution in [3.8, 4) is 0 Å². The molecule has 4 heteroatoms. The smallest absolute Gasteiger partial charge is 0.128 e. The van der Waals surface area contributed by atoms with Gasteiger partial charge in [0.2, 0.25) is 0 Å². The highest BCUT2D eigenvalue weighted by atomic mass is 35.5. The molecular formula is C12H20ClN3. The van der Waals surface area contributed by atoms with Gasteiger partial charge in [-0.25, -0.2) is 4.98 Å². The zero-order valence-corrected chi connectivity index (χ0v) is 11.0. The fourth-order valence-electron chi connectivity index (χ4n) is 1.35. The molecule has 3 nitrogen and oxygen atoms in total. The second kappa shape index (κ2) is 6.71. The first kappa shape index (κ1) is 13.3. The van der Waals surface area contributed by atoms with E-state index >= 15 is 0 Å². The topological polar surface area (TPSA) is 28.2 Å². The summed E-state index contributed by atoms with van der Waals surface area (Å²) in [5, 5.41) is 4.04. The number of hydrogen-bond acceptors (Lipinski definition) is 3. The molecular weight excluding hydrogens is 222 g/mol. The van der Waals surface area contributed by atoms with Crippen molar-refractivity contribution in [1.82, 2.24) is 10.3 Å². The van der Waals surface area contributed by atoms with Gasteiger partial charge >= 0.3 is 0 Å². The lowest BCUT2D eigenvalue weighted by atomic mass is 10.3. The standard InChI is InChI=1S/C12H20ClN3/c1-4-8-14-9-11-10(13)6-7-12(15-11)16(3)5-2/h6-7,14H,4-5,8-9H2,1-3H3. The summed E-state index contributed by atoms with van der Waals surface area (Å²) in [6.07, 6.45) is 1.12. The molecule has 90 valence electrons. The fourth-order valence-corrected chi connectivity index (χ4v) is 1.53. The molecule has 0 bridgehead atoms. The Kier molecular flexibility index (Phi) is 5.56. The predicted octanol–water partition coefficient (Wildman–Crippen LogP) is 2.69. The van der Waals surface area contributed by atoms with Crippen LogP contribution in [-0.4, -0.2) is 25.1 Å². The van der Waals surface area contributed by atoms with Crippen LogP contribution in [-0.2, 0) is 6.54 Å². The second-order valence-corrected chi connectivity index (χ2v) is 4.20. The van der Waals surface area contributed by atoms with E-state index in [1.165, 1.54) is 0 Å². The molecule has 0 spiro atoms. The van der Waals surface area contributed by atoms with Gasteiger partial charge in [-0.3, -0.25) is 0 Å². The quantitative estimate of drug-likeness (QED) is 0.777. The minimum atomic E-state index is 0.733. The molecule has 0 atom stereocenters. The molecule has 16 heavy (non-hydrogen) atoms. The maximum absolute atomic E-state index is 6.10. The van der Waals surface area contributed by atoms with Gasteiger partial charge in [-0.15, -0.1) is 0 Å². The number of anilines is 1. The maximum atomic E-state index is 6.10. The Balaban J connectivity index is 2.74. The number of hydrogen-bond donors (Lipinski definition) is 1. The first-order valence-electron chi connectivity index (χ1n) is 5.76. The van der Waals surface area contributed by atoms with Crippen molar-refractivity contribution in [1.29, 1.82) is 0 Å². The second-order valence-electron chi connectivity index (χ2n) is 3.79. The van der Waals surface area contributed by atoms with Crippen LogP contribution < -0.4 is 10.2 Å². The van der Waals surface area contributed by atoms with Gasteiger partial charge in [0.1, 0.15) is 5.82 Å². The van der Waals surface area contributed by atoms with Crippen molar-refractivity contribution < 1.29 is 0 Å². The summed E-state index contributed by atoms with van der Waals surface area (Å²) in [5.74, 6) is 0.972. The molecule has 1 heterocycles. The van der Waals surface area contributed by atoms with Gasteiger partial charge in [0.15, 0.2) is 0 Å². The highest BCUT2D eigenvalue weighted by Gasteiger charge is 2.05. The van der Waals surface area contributed by atoms with Crippen LogP contribution in [0, 0.1) is 0 Å². The normalized spacial score (nSPS) is 10.5. The molecule has 0 saturated carbocycles. The van der Waals surface area contributed by atoms with E-state index in [1.54, 1.807) is 0 Å². The Morgan fingerprint density at radius 3 is 2.75 bits per heavy atom. The Morgan fingerprint density at radius 1 is 1.38 bits per heavy atom. The molecule has 1 N–H and O–H groups in total. The SMILES string of the molecule is CCCNCc1nc(N(C)CC)ccc1Cl. The molecule has 0 radical (unpaired) electrons. The van der Waals surface area contributed by atoms with Crippen molar-refractivity contribution in [2.45, 2.75) is 26.8 Å². The maximum Gasteiger partial charge on any atom is 0.128 e. The van der Waals surface area contributed by atoms with E-state index in [9.17, 15) is 0 Å². The van der Waals surface area contributed by atoms with Crippen LogP contribution >= 0.6 is 11.6 Å². The lowest BCUT2D eigenvalue weighted by Crippen LogP contribution is -2.20. The van der Waals surface area contributed by atoms with Crippen molar-refractivity contribution >= 4 is 17.4 Å². The monoisotopic (exact) mass is 241 g/mol. The van der Waals surface area contributed by atoms with Crippen molar-refractivity contribution in [2.24, 2.45) is 0 Å². The summed E-state index contributed by atoms with van der Waals surface area (Å²) in [7, 11) is 2.03. The Labute approximate surface area is 103 Å². The third-order valence-corrected chi connectivity index (χ3v) is 2.83. The first-order chi connectivity index (χ1) is 7.69. The number of pyridine rings is 1. The molecule has 0 saturated heterocycles. The molecule has 0 aromatic carbocycles. The lowest BCUT2D eigenvalue weighted by molar-refractivity contribution is 0.664. The van der Waals surface area contributed by atoms with Gasteiger partial charge in [-0.2, -0.15) is 0 Å². The average Bonchev–Trinajstić information content (AvgIpc) is 2.31. The van der Waals surface area contributed by atoms with Crippen LogP contribution in [0.1, 0.15) is 26.0 Å². The number of aromatic nitrogens is 1. The number of nitrogens with zero attached hydrogens (tertiary/aromatic N) is 2. The molecule has 0 fully saturated rings. The van der Waals surface area contributed by atoms with Gasteiger partial charge in [0, 0.05) is 20.1 Å². The highest BCUT2D eigenvalue weighted by Crippen LogP contribution is 2.18. The number of nitrogens with one attached hydrogen (secondary N) is 1. The van der Waals surface area contributed by atoms with E-state index in [0.29, 0.717) is 0 Å². The van der Waals surface area contributed by atoms with E-state index in [1.807, 2.05) is 19.2 Å². The minimum Gasteiger partial charge on any atom is -0.360 e. The van der Waals surface area contributed by atoms with Crippen LogP contribution in [0.2, 0.25) is 5.02 Å². The highest BCUT2D eigenvalue weighted by molar-refractivity contribution is 6.31. The van der Waals surface area contributed by atoms with Gasteiger partial charge in [-0.05, 0) is 32.0 Å². The van der Waals surface area contributed by atoms with E-state index in [2.05, 4.69) is 29.0 Å². The summed E-state index contributed by atoms with van der Waals surface area (Å²) < 4.78 is 0. The fraction of sp³-hybridized carbons (Fsp3) is 0.583. The summed E-state index contributed by atoms with van der Waals surface area (Å²) in [6.45, 7) is 6.91. The van der Waals surface area contributed by atoms with Crippen molar-refractivity contribution in [3.63, 3.8) is 0 Å². The molecule has 0 aliphatic heterocycles. The van der Waals surface area contributed by atoms with E-state index < -0.39 is 0 Å². The average molecular weight is 242 g/mol. The number of halogens is 1. The summed E-state index contributed by atoms with van der Waals surface area (Å²) >= 11 is 6.10. The van der Waals surface area contributed by atoms with Crippen molar-refractivity contribution in [2.75, 3.05) is 25.0 Å². The summed E-state index contributed by atoms with van der Waals surface area (Å²) in [6, 6.07) is 3.87. The van der Waals surface area contributed by atoms with E-state index in [0.717, 1.165) is 42.6 Å². The molecule has 0 aliphatic carbocycles. The van der Waals surface area contributed by atoms with Gasteiger partial charge < -0.3 is 10.2 Å². The lowest BCUT2D eigenvalue weighted by Gasteiger charge is -2.17. The van der Waals surface area contributed by atoms with Gasteiger partial charge in [0.25, 0.3) is 0 Å². The Morgan fingerprint density at radius 2 is 2.12 bits per heavy atom. The Bertz CT molecular complexity index is 328. The van der Waals surface area contributed by atoms with Crippen LogP contribution in [0.25, 0.3) is 0 Å². The van der Waals surface area contributed by atoms with E-state index in [-0.39, 0.29) is 0 Å². The largest absolute Gasteiger partial charge is 0.360 e. The molecule has 0 unspecified atom stereocenters. The molecule has 1 aromatic rings. The Hall–Kier alpha value is -0.800. The van der Waals surface area contributed by atoms with Crippen molar-refractivity contribution in [3.05, 3.63) is 22.8 Å². The predicted molar refractivity (Wildman–Crippen MR) is 70.2 cm³/mol. The number of rotatable bonds is 6. The minimum absolute atomic E-state index is 0.733. The van der Waals surface area contributed by atoms with Crippen LogP contribution in [0.4, 0.5) is 5.82 Å². The molecule has 1 aromatic heterocycles.